The molecular weight excluding hydrogens is 414 g/mol. The largest absolute Gasteiger partial charge is 0.378 e. The van der Waals surface area contributed by atoms with Gasteiger partial charge in [-0.2, -0.15) is 0 Å². The zero-order chi connectivity index (χ0) is 19.6. The Balaban J connectivity index is 1.99. The first-order valence-electron chi connectivity index (χ1n) is 8.56. The quantitative estimate of drug-likeness (QED) is 0.580. The molecule has 0 radical (unpaired) electrons. The van der Waals surface area contributed by atoms with E-state index in [1.807, 2.05) is 30.9 Å². The summed E-state index contributed by atoms with van der Waals surface area (Å²) in [5.41, 5.74) is 3.38. The number of ether oxygens (including phenoxy) is 1. The average Bonchev–Trinajstić information content (AvgIpc) is 2.64. The fraction of sp³-hybridized carbons (Fsp3) is 0.316. The summed E-state index contributed by atoms with van der Waals surface area (Å²) < 4.78 is 6.30. The van der Waals surface area contributed by atoms with Crippen molar-refractivity contribution in [3.63, 3.8) is 0 Å². The van der Waals surface area contributed by atoms with Crippen LogP contribution in [0.25, 0.3) is 0 Å². The van der Waals surface area contributed by atoms with Gasteiger partial charge in [0.1, 0.15) is 0 Å². The fourth-order valence-electron chi connectivity index (χ4n) is 3.19. The molecule has 0 unspecified atom stereocenters. The molecule has 0 bridgehead atoms. The van der Waals surface area contributed by atoms with Crippen molar-refractivity contribution in [3.8, 4) is 0 Å². The molecule has 2 aromatic carbocycles. The maximum absolute atomic E-state index is 13.0. The molecule has 2 aromatic rings. The molecular formula is C19H20BrN3O4. The highest BCUT2D eigenvalue weighted by atomic mass is 79.9. The van der Waals surface area contributed by atoms with Crippen molar-refractivity contribution in [1.29, 1.82) is 0 Å². The van der Waals surface area contributed by atoms with Gasteiger partial charge in [0, 0.05) is 35.4 Å². The number of hydrogen-bond donors (Lipinski definition) is 1. The van der Waals surface area contributed by atoms with E-state index >= 15 is 0 Å². The van der Waals surface area contributed by atoms with Crippen molar-refractivity contribution < 1.29 is 14.5 Å². The number of nitrogens with zero attached hydrogens (tertiary/aromatic N) is 2. The topological polar surface area (TPSA) is 84.7 Å². The number of carbonyl (C=O) groups excluding carboxylic acids is 1. The zero-order valence-electron chi connectivity index (χ0n) is 15.1. The smallest absolute Gasteiger partial charge is 0.270 e. The molecule has 0 atom stereocenters. The minimum atomic E-state index is -0.490. The Morgan fingerprint density at radius 1 is 1.19 bits per heavy atom. The Kier molecular flexibility index (Phi) is 5.76. The van der Waals surface area contributed by atoms with Crippen LogP contribution in [0.2, 0.25) is 0 Å². The number of hydrogen-bond acceptors (Lipinski definition) is 5. The van der Waals surface area contributed by atoms with Crippen LogP contribution in [0.3, 0.4) is 0 Å². The van der Waals surface area contributed by atoms with Crippen molar-refractivity contribution in [3.05, 3.63) is 61.6 Å². The molecule has 0 spiro atoms. The van der Waals surface area contributed by atoms with Gasteiger partial charge in [0.05, 0.1) is 29.4 Å². The predicted molar refractivity (Wildman–Crippen MR) is 108 cm³/mol. The molecule has 0 aliphatic carbocycles. The first kappa shape index (κ1) is 19.3. The maximum atomic E-state index is 13.0. The van der Waals surface area contributed by atoms with Gasteiger partial charge in [-0.3, -0.25) is 14.9 Å². The van der Waals surface area contributed by atoms with E-state index in [0.717, 1.165) is 15.6 Å². The molecule has 0 saturated carbocycles. The van der Waals surface area contributed by atoms with Gasteiger partial charge in [-0.25, -0.2) is 0 Å². The summed E-state index contributed by atoms with van der Waals surface area (Å²) in [6, 6.07) is 8.24. The van der Waals surface area contributed by atoms with E-state index < -0.39 is 4.92 Å². The van der Waals surface area contributed by atoms with Gasteiger partial charge >= 0.3 is 0 Å². The Bertz CT molecular complexity index is 872. The number of anilines is 2. The number of nitro groups is 1. The number of amides is 1. The van der Waals surface area contributed by atoms with E-state index in [4.69, 9.17) is 4.74 Å². The van der Waals surface area contributed by atoms with Crippen molar-refractivity contribution >= 4 is 38.9 Å². The van der Waals surface area contributed by atoms with E-state index in [-0.39, 0.29) is 17.2 Å². The molecule has 1 aliphatic rings. The van der Waals surface area contributed by atoms with E-state index in [0.29, 0.717) is 37.7 Å². The summed E-state index contributed by atoms with van der Waals surface area (Å²) in [6.45, 7) is 6.20. The van der Waals surface area contributed by atoms with Crippen LogP contribution in [0, 0.1) is 24.0 Å². The summed E-state index contributed by atoms with van der Waals surface area (Å²) >= 11 is 3.44. The summed E-state index contributed by atoms with van der Waals surface area (Å²) in [7, 11) is 0. The highest BCUT2D eigenvalue weighted by Gasteiger charge is 2.23. The zero-order valence-corrected chi connectivity index (χ0v) is 16.7. The number of aryl methyl sites for hydroxylation is 2. The number of halogens is 1. The first-order valence-corrected chi connectivity index (χ1v) is 9.35. The van der Waals surface area contributed by atoms with Crippen LogP contribution in [-0.4, -0.2) is 37.1 Å². The normalized spacial score (nSPS) is 14.1. The lowest BCUT2D eigenvalue weighted by atomic mass is 10.1. The summed E-state index contributed by atoms with van der Waals surface area (Å²) in [5.74, 6) is -0.367. The van der Waals surface area contributed by atoms with Crippen LogP contribution in [0.15, 0.2) is 34.8 Å². The number of nitro benzene ring substituents is 1. The van der Waals surface area contributed by atoms with Crippen LogP contribution in [0.5, 0.6) is 0 Å². The monoisotopic (exact) mass is 433 g/mol. The second-order valence-electron chi connectivity index (χ2n) is 6.43. The van der Waals surface area contributed by atoms with E-state index in [1.165, 1.54) is 12.1 Å². The SMILES string of the molecule is Cc1cc(Br)cc(C)c1NC(=O)c1cc([N+](=O)[O-])ccc1N1CCOCC1. The lowest BCUT2D eigenvalue weighted by molar-refractivity contribution is -0.384. The third-order valence-corrected chi connectivity index (χ3v) is 4.98. The molecule has 1 saturated heterocycles. The number of nitrogens with one attached hydrogen (secondary N) is 1. The predicted octanol–water partition coefficient (Wildman–Crippen LogP) is 4.06. The highest BCUT2D eigenvalue weighted by Crippen LogP contribution is 2.30. The minimum Gasteiger partial charge on any atom is -0.378 e. The third kappa shape index (κ3) is 4.28. The number of benzene rings is 2. The van der Waals surface area contributed by atoms with Crippen LogP contribution in [0.1, 0.15) is 21.5 Å². The van der Waals surface area contributed by atoms with E-state index in [1.54, 1.807) is 6.07 Å². The third-order valence-electron chi connectivity index (χ3n) is 4.52. The standard InChI is InChI=1S/C19H20BrN3O4/c1-12-9-14(20)10-13(2)18(12)21-19(24)16-11-15(23(25)26)3-4-17(16)22-5-7-27-8-6-22/h3-4,9-11H,5-8H2,1-2H3,(H,21,24). The molecule has 1 heterocycles. The van der Waals surface area contributed by atoms with Crippen molar-refractivity contribution in [2.75, 3.05) is 36.5 Å². The number of rotatable bonds is 4. The lowest BCUT2D eigenvalue weighted by Crippen LogP contribution is -2.37. The molecule has 7 nitrogen and oxygen atoms in total. The molecule has 3 rings (SSSR count). The van der Waals surface area contributed by atoms with Gasteiger partial charge in [0.2, 0.25) is 0 Å². The summed E-state index contributed by atoms with van der Waals surface area (Å²) in [4.78, 5) is 25.8. The van der Waals surface area contributed by atoms with E-state index in [2.05, 4.69) is 21.2 Å². The van der Waals surface area contributed by atoms with Crippen molar-refractivity contribution in [2.45, 2.75) is 13.8 Å². The highest BCUT2D eigenvalue weighted by molar-refractivity contribution is 9.10. The summed E-state index contributed by atoms with van der Waals surface area (Å²) in [6.07, 6.45) is 0. The molecule has 8 heteroatoms. The van der Waals surface area contributed by atoms with Crippen LogP contribution >= 0.6 is 15.9 Å². The van der Waals surface area contributed by atoms with Gasteiger partial charge in [-0.05, 0) is 43.2 Å². The second-order valence-corrected chi connectivity index (χ2v) is 7.34. The molecule has 1 aliphatic heterocycles. The summed E-state index contributed by atoms with van der Waals surface area (Å²) in [5, 5.41) is 14.1. The van der Waals surface area contributed by atoms with Crippen LogP contribution in [-0.2, 0) is 4.74 Å². The lowest BCUT2D eigenvalue weighted by Gasteiger charge is -2.30. The van der Waals surface area contributed by atoms with E-state index in [9.17, 15) is 14.9 Å². The molecule has 1 fully saturated rings. The Morgan fingerprint density at radius 3 is 2.41 bits per heavy atom. The Labute approximate surface area is 165 Å². The molecule has 142 valence electrons. The van der Waals surface area contributed by atoms with Crippen molar-refractivity contribution in [2.24, 2.45) is 0 Å². The van der Waals surface area contributed by atoms with Gasteiger partial charge in [0.25, 0.3) is 11.6 Å². The number of morpholine rings is 1. The van der Waals surface area contributed by atoms with Crippen molar-refractivity contribution in [1.82, 2.24) is 0 Å². The Morgan fingerprint density at radius 2 is 1.81 bits per heavy atom. The van der Waals surface area contributed by atoms with Crippen LogP contribution in [0.4, 0.5) is 17.1 Å². The fourth-order valence-corrected chi connectivity index (χ4v) is 3.87. The van der Waals surface area contributed by atoms with Gasteiger partial charge < -0.3 is 15.0 Å². The Hall–Kier alpha value is -2.45. The molecule has 1 N–H and O–H groups in total. The van der Waals surface area contributed by atoms with Gasteiger partial charge in [-0.15, -0.1) is 0 Å². The molecule has 27 heavy (non-hydrogen) atoms. The van der Waals surface area contributed by atoms with Crippen LogP contribution < -0.4 is 10.2 Å². The minimum absolute atomic E-state index is 0.110. The molecule has 0 aromatic heterocycles. The number of non-ortho nitro benzene ring substituents is 1. The second kappa shape index (κ2) is 8.06. The maximum Gasteiger partial charge on any atom is 0.270 e. The molecule has 1 amide bonds. The first-order chi connectivity index (χ1) is 12.9. The van der Waals surface area contributed by atoms with Gasteiger partial charge in [0.15, 0.2) is 0 Å². The number of carbonyl (C=O) groups is 1. The average molecular weight is 434 g/mol. The van der Waals surface area contributed by atoms with Gasteiger partial charge in [-0.1, -0.05) is 15.9 Å².